The number of nitrogens with one attached hydrogen (secondary N) is 1. The maximum absolute atomic E-state index is 11.9. The van der Waals surface area contributed by atoms with Crippen molar-refractivity contribution in [2.75, 3.05) is 6.54 Å². The molecular formula is C16H15Cl2NO3. The van der Waals surface area contributed by atoms with Crippen molar-refractivity contribution in [3.8, 4) is 5.75 Å². The maximum Gasteiger partial charge on any atom is 0.224 e. The lowest BCUT2D eigenvalue weighted by Crippen LogP contribution is -2.29. The van der Waals surface area contributed by atoms with E-state index in [-0.39, 0.29) is 24.6 Å². The van der Waals surface area contributed by atoms with Crippen LogP contribution in [0.25, 0.3) is 0 Å². The summed E-state index contributed by atoms with van der Waals surface area (Å²) in [6.07, 6.45) is -0.982. The number of para-hydroxylation sites is 1. The second kappa shape index (κ2) is 7.49. The molecule has 22 heavy (non-hydrogen) atoms. The minimum absolute atomic E-state index is 0.0180. The van der Waals surface area contributed by atoms with Crippen LogP contribution in [-0.4, -0.2) is 22.7 Å². The molecule has 0 saturated heterocycles. The molecule has 1 unspecified atom stereocenters. The van der Waals surface area contributed by atoms with Gasteiger partial charge in [-0.25, -0.2) is 0 Å². The first-order valence-electron chi connectivity index (χ1n) is 6.64. The zero-order chi connectivity index (χ0) is 16.1. The van der Waals surface area contributed by atoms with Crippen molar-refractivity contribution >= 4 is 29.1 Å². The van der Waals surface area contributed by atoms with Gasteiger partial charge in [-0.3, -0.25) is 4.79 Å². The average molecular weight is 340 g/mol. The number of phenolic OH excluding ortho intramolecular Hbond substituents is 1. The highest BCUT2D eigenvalue weighted by Gasteiger charge is 2.16. The molecule has 0 radical (unpaired) electrons. The Kier molecular flexibility index (Phi) is 5.66. The summed E-state index contributed by atoms with van der Waals surface area (Å²) in [4.78, 5) is 11.9. The molecule has 2 aromatic carbocycles. The van der Waals surface area contributed by atoms with Crippen LogP contribution in [0.1, 0.15) is 17.2 Å². The number of hydrogen-bond acceptors (Lipinski definition) is 3. The number of aliphatic hydroxyl groups is 1. The Labute approximate surface area is 138 Å². The number of benzene rings is 2. The molecule has 0 aromatic heterocycles. The highest BCUT2D eigenvalue weighted by molar-refractivity contribution is 6.36. The maximum atomic E-state index is 11.9. The second-order valence-corrected chi connectivity index (χ2v) is 5.58. The van der Waals surface area contributed by atoms with E-state index in [2.05, 4.69) is 5.32 Å². The Bertz CT molecular complexity index is 656. The molecule has 1 atom stereocenters. The number of aliphatic hydroxyl groups excluding tert-OH is 1. The summed E-state index contributed by atoms with van der Waals surface area (Å²) in [7, 11) is 0. The molecule has 0 aliphatic heterocycles. The van der Waals surface area contributed by atoms with Crippen molar-refractivity contribution in [1.82, 2.24) is 5.32 Å². The van der Waals surface area contributed by atoms with E-state index < -0.39 is 6.10 Å². The molecule has 3 N–H and O–H groups in total. The summed E-state index contributed by atoms with van der Waals surface area (Å²) < 4.78 is 0. The first-order chi connectivity index (χ1) is 10.5. The van der Waals surface area contributed by atoms with Crippen molar-refractivity contribution in [3.63, 3.8) is 0 Å². The van der Waals surface area contributed by atoms with Gasteiger partial charge >= 0.3 is 0 Å². The van der Waals surface area contributed by atoms with Crippen molar-refractivity contribution in [3.05, 3.63) is 63.6 Å². The molecule has 1 amide bonds. The van der Waals surface area contributed by atoms with E-state index in [0.29, 0.717) is 21.2 Å². The quantitative estimate of drug-likeness (QED) is 0.783. The number of aromatic hydroxyl groups is 1. The lowest BCUT2D eigenvalue weighted by Gasteiger charge is -2.15. The van der Waals surface area contributed by atoms with Crippen LogP contribution < -0.4 is 5.32 Å². The Morgan fingerprint density at radius 2 is 1.73 bits per heavy atom. The van der Waals surface area contributed by atoms with Crippen molar-refractivity contribution in [1.29, 1.82) is 0 Å². The van der Waals surface area contributed by atoms with Gasteiger partial charge in [-0.15, -0.1) is 0 Å². The minimum Gasteiger partial charge on any atom is -0.508 e. The van der Waals surface area contributed by atoms with Crippen molar-refractivity contribution in [2.45, 2.75) is 12.5 Å². The molecule has 2 rings (SSSR count). The van der Waals surface area contributed by atoms with Gasteiger partial charge in [0.1, 0.15) is 5.75 Å². The second-order valence-electron chi connectivity index (χ2n) is 4.76. The van der Waals surface area contributed by atoms with E-state index in [4.69, 9.17) is 23.2 Å². The molecule has 0 spiro atoms. The molecule has 4 nitrogen and oxygen atoms in total. The van der Waals surface area contributed by atoms with Crippen molar-refractivity contribution < 1.29 is 15.0 Å². The van der Waals surface area contributed by atoms with Gasteiger partial charge in [0.15, 0.2) is 0 Å². The summed E-state index contributed by atoms with van der Waals surface area (Å²) in [5, 5.41) is 23.0. The highest BCUT2D eigenvalue weighted by Crippen LogP contribution is 2.29. The topological polar surface area (TPSA) is 69.6 Å². The Hall–Kier alpha value is -1.75. The zero-order valence-corrected chi connectivity index (χ0v) is 13.1. The predicted molar refractivity (Wildman–Crippen MR) is 86.2 cm³/mol. The average Bonchev–Trinajstić information content (AvgIpc) is 2.47. The Balaban J connectivity index is 1.95. The van der Waals surface area contributed by atoms with Crippen LogP contribution >= 0.6 is 23.2 Å². The summed E-state index contributed by atoms with van der Waals surface area (Å²) in [5.74, 6) is -0.254. The molecule has 0 aliphatic carbocycles. The van der Waals surface area contributed by atoms with Gasteiger partial charge in [0.2, 0.25) is 5.91 Å². The van der Waals surface area contributed by atoms with E-state index in [1.807, 2.05) is 0 Å². The zero-order valence-electron chi connectivity index (χ0n) is 11.6. The van der Waals surface area contributed by atoms with Crippen molar-refractivity contribution in [2.24, 2.45) is 0 Å². The van der Waals surface area contributed by atoms with Crippen LogP contribution in [0.4, 0.5) is 0 Å². The number of phenols is 1. The predicted octanol–water partition coefficient (Wildman–Crippen LogP) is 3.09. The van der Waals surface area contributed by atoms with E-state index in [9.17, 15) is 15.0 Å². The third-order valence-corrected chi connectivity index (χ3v) is 3.83. The van der Waals surface area contributed by atoms with Gasteiger partial charge in [0, 0.05) is 27.7 Å². The smallest absolute Gasteiger partial charge is 0.224 e. The number of rotatable bonds is 5. The van der Waals surface area contributed by atoms with Crippen LogP contribution in [-0.2, 0) is 11.2 Å². The number of amides is 1. The standard InChI is InChI=1S/C16H15Cl2NO3/c17-11-5-3-6-12(18)16(11)14(21)9-19-15(22)8-10-4-1-2-7-13(10)20/h1-7,14,20-21H,8-9H2,(H,19,22). The molecular weight excluding hydrogens is 325 g/mol. The SMILES string of the molecule is O=C(Cc1ccccc1O)NCC(O)c1c(Cl)cccc1Cl. The molecule has 116 valence electrons. The summed E-state index contributed by atoms with van der Waals surface area (Å²) in [5.41, 5.74) is 0.902. The third-order valence-electron chi connectivity index (χ3n) is 3.17. The molecule has 0 fully saturated rings. The summed E-state index contributed by atoms with van der Waals surface area (Å²) >= 11 is 12.0. The first-order valence-corrected chi connectivity index (χ1v) is 7.40. The number of hydrogen-bond donors (Lipinski definition) is 3. The molecule has 0 bridgehead atoms. The largest absolute Gasteiger partial charge is 0.508 e. The fourth-order valence-electron chi connectivity index (χ4n) is 2.04. The number of halogens is 2. The Morgan fingerprint density at radius 1 is 1.09 bits per heavy atom. The van der Waals surface area contributed by atoms with Crippen LogP contribution in [0.5, 0.6) is 5.75 Å². The Morgan fingerprint density at radius 3 is 2.36 bits per heavy atom. The van der Waals surface area contributed by atoms with Gasteiger partial charge in [0.05, 0.1) is 12.5 Å². The van der Waals surface area contributed by atoms with Crippen LogP contribution in [0.2, 0.25) is 10.0 Å². The first kappa shape index (κ1) is 16.6. The van der Waals surface area contributed by atoms with E-state index in [1.165, 1.54) is 6.07 Å². The van der Waals surface area contributed by atoms with Gasteiger partial charge < -0.3 is 15.5 Å². The lowest BCUT2D eigenvalue weighted by atomic mass is 10.1. The van der Waals surface area contributed by atoms with Gasteiger partial charge in [-0.1, -0.05) is 47.5 Å². The lowest BCUT2D eigenvalue weighted by molar-refractivity contribution is -0.120. The number of carbonyl (C=O) groups is 1. The van der Waals surface area contributed by atoms with Crippen LogP contribution in [0, 0.1) is 0 Å². The van der Waals surface area contributed by atoms with Gasteiger partial charge in [0.25, 0.3) is 0 Å². The molecule has 0 aliphatic rings. The molecule has 6 heteroatoms. The highest BCUT2D eigenvalue weighted by atomic mass is 35.5. The van der Waals surface area contributed by atoms with E-state index in [0.717, 1.165) is 0 Å². The van der Waals surface area contributed by atoms with Crippen LogP contribution in [0.3, 0.4) is 0 Å². The normalized spacial score (nSPS) is 12.0. The fourth-order valence-corrected chi connectivity index (χ4v) is 2.69. The fraction of sp³-hybridized carbons (Fsp3) is 0.188. The van der Waals surface area contributed by atoms with Gasteiger partial charge in [-0.05, 0) is 18.2 Å². The van der Waals surface area contributed by atoms with E-state index >= 15 is 0 Å². The molecule has 2 aromatic rings. The summed E-state index contributed by atoms with van der Waals surface area (Å²) in [6, 6.07) is 11.5. The molecule has 0 heterocycles. The molecule has 0 saturated carbocycles. The van der Waals surface area contributed by atoms with Gasteiger partial charge in [-0.2, -0.15) is 0 Å². The van der Waals surface area contributed by atoms with E-state index in [1.54, 1.807) is 36.4 Å². The third kappa shape index (κ3) is 4.13. The number of carbonyl (C=O) groups excluding carboxylic acids is 1. The monoisotopic (exact) mass is 339 g/mol. The minimum atomic E-state index is -1.01. The van der Waals surface area contributed by atoms with Crippen LogP contribution in [0.15, 0.2) is 42.5 Å². The summed E-state index contributed by atoms with van der Waals surface area (Å²) in [6.45, 7) is -0.0180.